The monoisotopic (exact) mass is 428 g/mol. The van der Waals surface area contributed by atoms with Crippen molar-refractivity contribution >= 4 is 63.6 Å². The minimum atomic E-state index is -1.04. The third-order valence-corrected chi connectivity index (χ3v) is 4.16. The molecule has 0 heterocycles. The molecule has 0 aliphatic carbocycles. The number of nitrogens with one attached hydrogen (secondary N) is 2. The van der Waals surface area contributed by atoms with Gasteiger partial charge in [-0.15, -0.1) is 0 Å². The molecule has 0 saturated heterocycles. The van der Waals surface area contributed by atoms with Gasteiger partial charge in [0.1, 0.15) is 6.04 Å². The van der Waals surface area contributed by atoms with Gasteiger partial charge in [0.05, 0.1) is 5.69 Å². The Morgan fingerprint density at radius 1 is 1.50 bits per heavy atom. The zero-order valence-corrected chi connectivity index (χ0v) is 14.4. The van der Waals surface area contributed by atoms with Crippen LogP contribution in [0.4, 0.5) is 10.5 Å². The molecule has 20 heavy (non-hydrogen) atoms. The number of benzene rings is 1. The fourth-order valence-electron chi connectivity index (χ4n) is 1.40. The number of carbonyl (C=O) groups excluding carboxylic acids is 1. The van der Waals surface area contributed by atoms with E-state index in [2.05, 4.69) is 10.6 Å². The fraction of sp³-hybridized carbons (Fsp3) is 0.333. The predicted octanol–water partition coefficient (Wildman–Crippen LogP) is 3.27. The number of anilines is 1. The maximum atomic E-state index is 11.8. The lowest BCUT2D eigenvalue weighted by atomic mass is 10.2. The van der Waals surface area contributed by atoms with Gasteiger partial charge in [-0.1, -0.05) is 11.6 Å². The Labute approximate surface area is 140 Å². The minimum Gasteiger partial charge on any atom is -0.480 e. The van der Waals surface area contributed by atoms with Crippen LogP contribution in [-0.2, 0) is 4.79 Å². The second-order valence-electron chi connectivity index (χ2n) is 3.89. The predicted molar refractivity (Wildman–Crippen MR) is 90.7 cm³/mol. The minimum absolute atomic E-state index is 0.377. The molecule has 0 aromatic heterocycles. The van der Waals surface area contributed by atoms with Gasteiger partial charge in [-0.3, -0.25) is 0 Å². The number of hydrogen-bond donors (Lipinski definition) is 3. The molecule has 2 amide bonds. The maximum Gasteiger partial charge on any atom is 0.326 e. The summed E-state index contributed by atoms with van der Waals surface area (Å²) in [6.07, 6.45) is 2.26. The van der Waals surface area contributed by atoms with Crippen molar-refractivity contribution in [1.82, 2.24) is 5.32 Å². The summed E-state index contributed by atoms with van der Waals surface area (Å²) < 4.78 is 0.779. The number of urea groups is 1. The molecular weight excluding hydrogens is 415 g/mol. The van der Waals surface area contributed by atoms with Gasteiger partial charge in [0.15, 0.2) is 0 Å². The number of carbonyl (C=O) groups is 2. The lowest BCUT2D eigenvalue weighted by Gasteiger charge is -2.15. The molecule has 0 saturated carbocycles. The molecular formula is C12H14ClIN2O3S. The highest BCUT2D eigenvalue weighted by molar-refractivity contribution is 14.1. The summed E-state index contributed by atoms with van der Waals surface area (Å²) in [4.78, 5) is 22.8. The van der Waals surface area contributed by atoms with Gasteiger partial charge in [-0.05, 0) is 59.2 Å². The second-order valence-corrected chi connectivity index (χ2v) is 6.48. The Morgan fingerprint density at radius 3 is 2.75 bits per heavy atom. The summed E-state index contributed by atoms with van der Waals surface area (Å²) in [5.74, 6) is -0.379. The maximum absolute atomic E-state index is 11.8. The lowest BCUT2D eigenvalue weighted by molar-refractivity contribution is -0.139. The Balaban J connectivity index is 2.63. The van der Waals surface area contributed by atoms with Crippen LogP contribution in [0, 0.1) is 3.57 Å². The largest absolute Gasteiger partial charge is 0.480 e. The quantitative estimate of drug-likeness (QED) is 0.608. The molecule has 0 fully saturated rings. The highest BCUT2D eigenvalue weighted by Crippen LogP contribution is 2.22. The van der Waals surface area contributed by atoms with Crippen LogP contribution in [0.3, 0.4) is 0 Å². The van der Waals surface area contributed by atoms with Gasteiger partial charge in [0.2, 0.25) is 0 Å². The van der Waals surface area contributed by atoms with E-state index >= 15 is 0 Å². The van der Waals surface area contributed by atoms with Crippen molar-refractivity contribution in [3.05, 3.63) is 26.8 Å². The summed E-state index contributed by atoms with van der Waals surface area (Å²) in [7, 11) is 0. The summed E-state index contributed by atoms with van der Waals surface area (Å²) in [5, 5.41) is 14.7. The van der Waals surface area contributed by atoms with Crippen molar-refractivity contribution in [2.24, 2.45) is 0 Å². The molecule has 0 radical (unpaired) electrons. The summed E-state index contributed by atoms with van der Waals surface area (Å²) in [5.41, 5.74) is 0.585. The normalized spacial score (nSPS) is 11.8. The van der Waals surface area contributed by atoms with Crippen LogP contribution in [0.2, 0.25) is 5.02 Å². The van der Waals surface area contributed by atoms with Crippen LogP contribution < -0.4 is 10.6 Å². The van der Waals surface area contributed by atoms with Crippen LogP contribution in [0.5, 0.6) is 0 Å². The number of thioether (sulfide) groups is 1. The number of carboxylic acid groups (broad SMARTS) is 1. The van der Waals surface area contributed by atoms with E-state index in [9.17, 15) is 9.59 Å². The Hall–Kier alpha value is -0.670. The molecule has 5 nitrogen and oxygen atoms in total. The summed E-state index contributed by atoms with van der Waals surface area (Å²) in [6, 6.07) is 3.59. The average Bonchev–Trinajstić information content (AvgIpc) is 2.37. The smallest absolute Gasteiger partial charge is 0.326 e. The zero-order valence-electron chi connectivity index (χ0n) is 10.7. The van der Waals surface area contributed by atoms with E-state index < -0.39 is 18.0 Å². The number of carboxylic acids is 1. The topological polar surface area (TPSA) is 78.4 Å². The van der Waals surface area contributed by atoms with Gasteiger partial charge in [0.25, 0.3) is 0 Å². The second kappa shape index (κ2) is 8.58. The molecule has 8 heteroatoms. The fourth-order valence-corrected chi connectivity index (χ4v) is 2.88. The Bertz CT molecular complexity index is 502. The average molecular weight is 429 g/mol. The third kappa shape index (κ3) is 5.76. The Kier molecular flexibility index (Phi) is 7.46. The lowest BCUT2D eigenvalue weighted by Crippen LogP contribution is -2.43. The van der Waals surface area contributed by atoms with E-state index in [4.69, 9.17) is 16.7 Å². The summed E-state index contributed by atoms with van der Waals surface area (Å²) in [6.45, 7) is 0. The van der Waals surface area contributed by atoms with E-state index in [-0.39, 0.29) is 0 Å². The molecule has 1 rings (SSSR count). The number of hydrogen-bond acceptors (Lipinski definition) is 3. The molecule has 1 aromatic carbocycles. The van der Waals surface area contributed by atoms with Crippen molar-refractivity contribution in [2.45, 2.75) is 12.5 Å². The SMILES string of the molecule is CSCC[C@H](NC(=O)Nc1ccc(Cl)cc1I)C(=O)O. The van der Waals surface area contributed by atoms with Gasteiger partial charge in [0, 0.05) is 8.59 Å². The van der Waals surface area contributed by atoms with Crippen molar-refractivity contribution in [3.63, 3.8) is 0 Å². The van der Waals surface area contributed by atoms with E-state index in [0.717, 1.165) is 3.57 Å². The van der Waals surface area contributed by atoms with Crippen molar-refractivity contribution in [3.8, 4) is 0 Å². The van der Waals surface area contributed by atoms with Crippen molar-refractivity contribution in [1.29, 1.82) is 0 Å². The molecule has 1 aromatic rings. The van der Waals surface area contributed by atoms with Crippen LogP contribution in [0.15, 0.2) is 18.2 Å². The molecule has 0 bridgehead atoms. The highest BCUT2D eigenvalue weighted by atomic mass is 127. The summed E-state index contributed by atoms with van der Waals surface area (Å²) >= 11 is 9.40. The first-order chi connectivity index (χ1) is 9.43. The molecule has 0 aliphatic heterocycles. The van der Waals surface area contributed by atoms with E-state index in [1.54, 1.807) is 18.2 Å². The van der Waals surface area contributed by atoms with Gasteiger partial charge < -0.3 is 15.7 Å². The molecule has 0 aliphatic rings. The number of amides is 2. The van der Waals surface area contributed by atoms with E-state index in [1.807, 2.05) is 28.8 Å². The number of halogens is 2. The van der Waals surface area contributed by atoms with Gasteiger partial charge in [-0.25, -0.2) is 9.59 Å². The number of aliphatic carboxylic acids is 1. The first kappa shape index (κ1) is 17.4. The number of rotatable bonds is 6. The first-order valence-corrected chi connectivity index (χ1v) is 8.53. The third-order valence-electron chi connectivity index (χ3n) is 2.39. The standard InChI is InChI=1S/C12H14ClIN2O3S/c1-20-5-4-10(11(17)18)16-12(19)15-9-3-2-7(13)6-8(9)14/h2-3,6,10H,4-5H2,1H3,(H,17,18)(H2,15,16,19)/t10-/m0/s1. The van der Waals surface area contributed by atoms with Crippen molar-refractivity contribution < 1.29 is 14.7 Å². The zero-order chi connectivity index (χ0) is 15.1. The van der Waals surface area contributed by atoms with Gasteiger partial charge >= 0.3 is 12.0 Å². The van der Waals surface area contributed by atoms with Crippen LogP contribution >= 0.6 is 46.0 Å². The molecule has 110 valence electrons. The molecule has 1 atom stereocenters. The Morgan fingerprint density at radius 2 is 2.20 bits per heavy atom. The van der Waals surface area contributed by atoms with Crippen LogP contribution in [0.25, 0.3) is 0 Å². The molecule has 3 N–H and O–H groups in total. The van der Waals surface area contributed by atoms with E-state index in [0.29, 0.717) is 22.9 Å². The van der Waals surface area contributed by atoms with Crippen LogP contribution in [0.1, 0.15) is 6.42 Å². The molecule has 0 unspecified atom stereocenters. The van der Waals surface area contributed by atoms with E-state index in [1.165, 1.54) is 11.8 Å². The van der Waals surface area contributed by atoms with Gasteiger partial charge in [-0.2, -0.15) is 11.8 Å². The highest BCUT2D eigenvalue weighted by Gasteiger charge is 2.19. The first-order valence-electron chi connectivity index (χ1n) is 5.68. The van der Waals surface area contributed by atoms with Crippen LogP contribution in [-0.4, -0.2) is 35.2 Å². The van der Waals surface area contributed by atoms with Crippen molar-refractivity contribution in [2.75, 3.05) is 17.3 Å². The molecule has 0 spiro atoms.